The number of nitriles is 1. The predicted molar refractivity (Wildman–Crippen MR) is 101 cm³/mol. The highest BCUT2D eigenvalue weighted by Crippen LogP contribution is 2.24. The summed E-state index contributed by atoms with van der Waals surface area (Å²) in [7, 11) is 3.95. The maximum atomic E-state index is 9.06. The Labute approximate surface area is 149 Å². The molecule has 6 nitrogen and oxygen atoms in total. The summed E-state index contributed by atoms with van der Waals surface area (Å²) in [5.74, 6) is 1.79. The lowest BCUT2D eigenvalue weighted by Gasteiger charge is -2.34. The lowest BCUT2D eigenvalue weighted by Crippen LogP contribution is -2.39. The zero-order chi connectivity index (χ0) is 17.8. The van der Waals surface area contributed by atoms with Gasteiger partial charge in [-0.05, 0) is 43.5 Å². The summed E-state index contributed by atoms with van der Waals surface area (Å²) in [6.07, 6.45) is 3.72. The van der Waals surface area contributed by atoms with E-state index in [1.165, 1.54) is 5.69 Å². The van der Waals surface area contributed by atoms with Gasteiger partial charge in [0.15, 0.2) is 0 Å². The minimum Gasteiger partial charge on any atom is -0.371 e. The molecule has 2 aromatic rings. The Balaban J connectivity index is 1.60. The minimum atomic E-state index is 0.417. The Morgan fingerprint density at radius 1 is 1.20 bits per heavy atom. The van der Waals surface area contributed by atoms with Crippen molar-refractivity contribution < 1.29 is 0 Å². The average molecular weight is 336 g/mol. The summed E-state index contributed by atoms with van der Waals surface area (Å²) in [6.45, 7) is 3.98. The molecule has 1 fully saturated rings. The lowest BCUT2D eigenvalue weighted by atomic mass is 10.0. The second-order valence-corrected chi connectivity index (χ2v) is 6.67. The van der Waals surface area contributed by atoms with Crippen molar-refractivity contribution in [3.63, 3.8) is 0 Å². The molecule has 3 rings (SSSR count). The number of anilines is 3. The summed E-state index contributed by atoms with van der Waals surface area (Å²) in [5, 5.41) is 12.6. The van der Waals surface area contributed by atoms with Gasteiger partial charge in [0.25, 0.3) is 0 Å². The smallest absolute Gasteiger partial charge is 0.133 e. The SMILES string of the molecule is Cc1cc(N2CCC(Nc3cc(N(C)C)ncn3)CC2)ccc1C#N. The van der Waals surface area contributed by atoms with E-state index in [0.29, 0.717) is 6.04 Å². The number of nitrogens with zero attached hydrogens (tertiary/aromatic N) is 5. The van der Waals surface area contributed by atoms with Crippen LogP contribution in [0.1, 0.15) is 24.0 Å². The Bertz CT molecular complexity index is 772. The fourth-order valence-corrected chi connectivity index (χ4v) is 3.13. The van der Waals surface area contributed by atoms with Crippen molar-refractivity contribution in [3.8, 4) is 6.07 Å². The van der Waals surface area contributed by atoms with Crippen LogP contribution in [0.5, 0.6) is 0 Å². The normalized spacial score (nSPS) is 14.9. The molecule has 0 radical (unpaired) electrons. The fraction of sp³-hybridized carbons (Fsp3) is 0.421. The van der Waals surface area contributed by atoms with Crippen molar-refractivity contribution >= 4 is 17.3 Å². The van der Waals surface area contributed by atoms with Crippen molar-refractivity contribution in [3.05, 3.63) is 41.7 Å². The maximum absolute atomic E-state index is 9.06. The number of benzene rings is 1. The third kappa shape index (κ3) is 4.00. The molecule has 1 aliphatic heterocycles. The number of hydrogen-bond acceptors (Lipinski definition) is 6. The Hall–Kier alpha value is -2.81. The van der Waals surface area contributed by atoms with E-state index in [-0.39, 0.29) is 0 Å². The molecule has 0 saturated carbocycles. The highest BCUT2D eigenvalue weighted by molar-refractivity contribution is 5.54. The van der Waals surface area contributed by atoms with E-state index in [1.54, 1.807) is 6.33 Å². The van der Waals surface area contributed by atoms with Gasteiger partial charge in [-0.25, -0.2) is 9.97 Å². The van der Waals surface area contributed by atoms with Crippen molar-refractivity contribution in [1.29, 1.82) is 5.26 Å². The van der Waals surface area contributed by atoms with Gasteiger partial charge in [0.05, 0.1) is 11.6 Å². The van der Waals surface area contributed by atoms with Crippen LogP contribution in [-0.4, -0.2) is 43.2 Å². The van der Waals surface area contributed by atoms with Crippen molar-refractivity contribution in [1.82, 2.24) is 9.97 Å². The molecular weight excluding hydrogens is 312 g/mol. The zero-order valence-electron chi connectivity index (χ0n) is 15.0. The van der Waals surface area contributed by atoms with Crippen LogP contribution in [0.25, 0.3) is 0 Å². The first kappa shape index (κ1) is 17.0. The van der Waals surface area contributed by atoms with Crippen LogP contribution in [0.4, 0.5) is 17.3 Å². The van der Waals surface area contributed by atoms with E-state index in [2.05, 4.69) is 32.3 Å². The van der Waals surface area contributed by atoms with Gasteiger partial charge in [0.2, 0.25) is 0 Å². The van der Waals surface area contributed by atoms with E-state index >= 15 is 0 Å². The summed E-state index contributed by atoms with van der Waals surface area (Å²) < 4.78 is 0. The zero-order valence-corrected chi connectivity index (χ0v) is 15.0. The number of rotatable bonds is 4. The molecule has 130 valence electrons. The molecule has 1 aromatic heterocycles. The molecule has 1 N–H and O–H groups in total. The van der Waals surface area contributed by atoms with Gasteiger partial charge in [-0.3, -0.25) is 0 Å². The monoisotopic (exact) mass is 336 g/mol. The van der Waals surface area contributed by atoms with Crippen LogP contribution in [0.2, 0.25) is 0 Å². The fourth-order valence-electron chi connectivity index (χ4n) is 3.13. The summed E-state index contributed by atoms with van der Waals surface area (Å²) in [4.78, 5) is 12.9. The predicted octanol–water partition coefficient (Wildman–Crippen LogP) is 2.80. The molecule has 0 bridgehead atoms. The molecule has 1 aromatic carbocycles. The molecule has 25 heavy (non-hydrogen) atoms. The third-order valence-electron chi connectivity index (χ3n) is 4.65. The first-order valence-electron chi connectivity index (χ1n) is 8.58. The van der Waals surface area contributed by atoms with E-state index in [9.17, 15) is 0 Å². The van der Waals surface area contributed by atoms with Gasteiger partial charge in [0, 0.05) is 45.0 Å². The largest absolute Gasteiger partial charge is 0.371 e. The van der Waals surface area contributed by atoms with Crippen LogP contribution in [-0.2, 0) is 0 Å². The highest BCUT2D eigenvalue weighted by atomic mass is 15.2. The second-order valence-electron chi connectivity index (χ2n) is 6.67. The second kappa shape index (κ2) is 7.39. The average Bonchev–Trinajstić information content (AvgIpc) is 2.62. The van der Waals surface area contributed by atoms with Gasteiger partial charge in [0.1, 0.15) is 18.0 Å². The molecule has 1 aliphatic rings. The van der Waals surface area contributed by atoms with Gasteiger partial charge < -0.3 is 15.1 Å². The molecule has 0 aliphatic carbocycles. The number of piperidine rings is 1. The summed E-state index contributed by atoms with van der Waals surface area (Å²) >= 11 is 0. The number of hydrogen-bond donors (Lipinski definition) is 1. The van der Waals surface area contributed by atoms with Gasteiger partial charge in [-0.2, -0.15) is 5.26 Å². The Morgan fingerprint density at radius 3 is 2.60 bits per heavy atom. The van der Waals surface area contributed by atoms with E-state index in [1.807, 2.05) is 44.1 Å². The van der Waals surface area contributed by atoms with Crippen LogP contribution < -0.4 is 15.1 Å². The van der Waals surface area contributed by atoms with E-state index in [4.69, 9.17) is 5.26 Å². The van der Waals surface area contributed by atoms with E-state index < -0.39 is 0 Å². The Morgan fingerprint density at radius 2 is 1.96 bits per heavy atom. The summed E-state index contributed by atoms with van der Waals surface area (Å²) in [5.41, 5.74) is 2.99. The van der Waals surface area contributed by atoms with E-state index in [0.717, 1.165) is 48.7 Å². The molecule has 1 saturated heterocycles. The molecular formula is C19H24N6. The molecule has 2 heterocycles. The lowest BCUT2D eigenvalue weighted by molar-refractivity contribution is 0.525. The number of nitrogens with one attached hydrogen (secondary N) is 1. The number of aromatic nitrogens is 2. The van der Waals surface area contributed by atoms with Crippen LogP contribution in [0.3, 0.4) is 0 Å². The maximum Gasteiger partial charge on any atom is 0.133 e. The van der Waals surface area contributed by atoms with Gasteiger partial charge in [-0.15, -0.1) is 0 Å². The van der Waals surface area contributed by atoms with Crippen LogP contribution >= 0.6 is 0 Å². The molecule has 0 amide bonds. The first-order chi connectivity index (χ1) is 12.1. The standard InChI is InChI=1S/C19H24N6/c1-14-10-17(5-4-15(14)12-20)25-8-6-16(7-9-25)23-18-11-19(24(2)3)22-13-21-18/h4-5,10-11,13,16H,6-9H2,1-3H3,(H,21,22,23). The highest BCUT2D eigenvalue weighted by Gasteiger charge is 2.20. The summed E-state index contributed by atoms with van der Waals surface area (Å²) in [6, 6.07) is 10.7. The van der Waals surface area contributed by atoms with Crippen molar-refractivity contribution in [2.45, 2.75) is 25.8 Å². The van der Waals surface area contributed by atoms with Crippen molar-refractivity contribution in [2.75, 3.05) is 42.3 Å². The number of aryl methyl sites for hydroxylation is 1. The quantitative estimate of drug-likeness (QED) is 0.926. The molecule has 0 spiro atoms. The Kier molecular flexibility index (Phi) is 5.03. The van der Waals surface area contributed by atoms with Gasteiger partial charge >= 0.3 is 0 Å². The molecule has 6 heteroatoms. The molecule has 0 unspecified atom stereocenters. The van der Waals surface area contributed by atoms with Crippen LogP contribution in [0, 0.1) is 18.3 Å². The molecule has 0 atom stereocenters. The first-order valence-corrected chi connectivity index (χ1v) is 8.58. The van der Waals surface area contributed by atoms with Crippen molar-refractivity contribution in [2.24, 2.45) is 0 Å². The minimum absolute atomic E-state index is 0.417. The van der Waals surface area contributed by atoms with Gasteiger partial charge in [-0.1, -0.05) is 0 Å². The topological polar surface area (TPSA) is 68.1 Å². The third-order valence-corrected chi connectivity index (χ3v) is 4.65. The van der Waals surface area contributed by atoms with Crippen LogP contribution in [0.15, 0.2) is 30.6 Å².